The summed E-state index contributed by atoms with van der Waals surface area (Å²) in [5.41, 5.74) is 1.90. The monoisotopic (exact) mass is 290 g/mol. The Morgan fingerprint density at radius 1 is 1.33 bits per heavy atom. The summed E-state index contributed by atoms with van der Waals surface area (Å²) in [5.74, 6) is -0.915. The van der Waals surface area contributed by atoms with Gasteiger partial charge in [0.25, 0.3) is 0 Å². The number of hydrogen-bond acceptors (Lipinski definition) is 3. The van der Waals surface area contributed by atoms with Crippen molar-refractivity contribution in [2.75, 3.05) is 0 Å². The second-order valence-electron chi connectivity index (χ2n) is 6.17. The maximum atomic E-state index is 12.3. The van der Waals surface area contributed by atoms with Gasteiger partial charge in [0.2, 0.25) is 5.91 Å². The normalized spacial score (nSPS) is 17.9. The van der Waals surface area contributed by atoms with Crippen molar-refractivity contribution in [1.82, 2.24) is 10.6 Å². The second-order valence-corrected chi connectivity index (χ2v) is 6.17. The summed E-state index contributed by atoms with van der Waals surface area (Å²) in [6, 6.07) is 7.83. The zero-order valence-electron chi connectivity index (χ0n) is 12.5. The summed E-state index contributed by atoms with van der Waals surface area (Å²) >= 11 is 0. The predicted octanol–water partition coefficient (Wildman–Crippen LogP) is 1.46. The lowest BCUT2D eigenvalue weighted by atomic mass is 9.93. The number of carboxylic acids is 1. The molecule has 1 amide bonds. The van der Waals surface area contributed by atoms with Gasteiger partial charge < -0.3 is 15.7 Å². The lowest BCUT2D eigenvalue weighted by molar-refractivity contribution is -0.138. The van der Waals surface area contributed by atoms with Crippen LogP contribution in [-0.2, 0) is 22.6 Å². The number of amides is 1. The van der Waals surface area contributed by atoms with Gasteiger partial charge in [-0.2, -0.15) is 0 Å². The zero-order chi connectivity index (χ0) is 15.5. The number of carbonyl (C=O) groups is 2. The van der Waals surface area contributed by atoms with Crippen molar-refractivity contribution in [2.45, 2.75) is 51.2 Å². The van der Waals surface area contributed by atoms with Gasteiger partial charge in [-0.15, -0.1) is 0 Å². The highest BCUT2D eigenvalue weighted by atomic mass is 16.4. The molecule has 3 N–H and O–H groups in total. The van der Waals surface area contributed by atoms with Crippen molar-refractivity contribution in [3.05, 3.63) is 35.4 Å². The molecule has 1 aromatic carbocycles. The van der Waals surface area contributed by atoms with Crippen LogP contribution >= 0.6 is 0 Å². The summed E-state index contributed by atoms with van der Waals surface area (Å²) < 4.78 is 0. The van der Waals surface area contributed by atoms with Crippen LogP contribution in [-0.4, -0.2) is 28.6 Å². The minimum absolute atomic E-state index is 0.0498. The van der Waals surface area contributed by atoms with Crippen molar-refractivity contribution < 1.29 is 14.7 Å². The Hall–Kier alpha value is -1.88. The van der Waals surface area contributed by atoms with E-state index in [1.54, 1.807) is 0 Å². The number of fused-ring (bicyclic) bond motifs is 1. The van der Waals surface area contributed by atoms with E-state index in [9.17, 15) is 9.59 Å². The fourth-order valence-electron chi connectivity index (χ4n) is 2.54. The van der Waals surface area contributed by atoms with Crippen molar-refractivity contribution in [3.63, 3.8) is 0 Å². The van der Waals surface area contributed by atoms with Gasteiger partial charge in [0.05, 0.1) is 6.04 Å². The molecular formula is C16H22N2O3. The molecule has 5 nitrogen and oxygen atoms in total. The highest BCUT2D eigenvalue weighted by Gasteiger charge is 2.28. The number of rotatable bonds is 5. The number of carbonyl (C=O) groups excluding carboxylic acids is 1. The van der Waals surface area contributed by atoms with Crippen LogP contribution in [0, 0.1) is 0 Å². The average molecular weight is 290 g/mol. The molecule has 0 aromatic heterocycles. The number of carboxylic acid groups (broad SMARTS) is 1. The Labute approximate surface area is 124 Å². The molecule has 0 saturated carbocycles. The first-order chi connectivity index (χ1) is 9.87. The van der Waals surface area contributed by atoms with Crippen molar-refractivity contribution in [3.8, 4) is 0 Å². The molecule has 1 unspecified atom stereocenters. The molecule has 0 aliphatic carbocycles. The van der Waals surface area contributed by atoms with E-state index in [1.165, 1.54) is 11.1 Å². The van der Waals surface area contributed by atoms with E-state index in [2.05, 4.69) is 16.7 Å². The molecule has 0 radical (unpaired) electrons. The highest BCUT2D eigenvalue weighted by Crippen LogP contribution is 2.18. The van der Waals surface area contributed by atoms with Crippen LogP contribution in [0.3, 0.4) is 0 Å². The summed E-state index contributed by atoms with van der Waals surface area (Å²) in [7, 11) is 0. The van der Waals surface area contributed by atoms with E-state index in [0.717, 1.165) is 0 Å². The highest BCUT2D eigenvalue weighted by molar-refractivity contribution is 5.83. The number of hydrogen-bond donors (Lipinski definition) is 3. The van der Waals surface area contributed by atoms with E-state index in [4.69, 9.17) is 5.11 Å². The van der Waals surface area contributed by atoms with Gasteiger partial charge in [0.1, 0.15) is 0 Å². The molecule has 1 aromatic rings. The Balaban J connectivity index is 1.94. The van der Waals surface area contributed by atoms with E-state index in [1.807, 2.05) is 32.0 Å². The van der Waals surface area contributed by atoms with Crippen LogP contribution in [0.15, 0.2) is 24.3 Å². The van der Waals surface area contributed by atoms with E-state index in [-0.39, 0.29) is 18.4 Å². The first-order valence-corrected chi connectivity index (χ1v) is 7.21. The Kier molecular flexibility index (Phi) is 4.63. The molecule has 0 fully saturated rings. The maximum absolute atomic E-state index is 12.3. The molecule has 0 saturated heterocycles. The van der Waals surface area contributed by atoms with Gasteiger partial charge in [-0.05, 0) is 37.8 Å². The fraction of sp³-hybridized carbons (Fsp3) is 0.500. The molecule has 1 aliphatic heterocycles. The quantitative estimate of drug-likeness (QED) is 0.767. The largest absolute Gasteiger partial charge is 0.481 e. The third kappa shape index (κ3) is 4.29. The minimum atomic E-state index is -0.845. The van der Waals surface area contributed by atoms with Gasteiger partial charge in [-0.25, -0.2) is 0 Å². The van der Waals surface area contributed by atoms with Crippen LogP contribution in [0.1, 0.15) is 37.8 Å². The zero-order valence-corrected chi connectivity index (χ0v) is 12.5. The molecule has 5 heteroatoms. The van der Waals surface area contributed by atoms with Gasteiger partial charge in [0.15, 0.2) is 0 Å². The first-order valence-electron chi connectivity index (χ1n) is 7.21. The third-order valence-corrected chi connectivity index (χ3v) is 3.82. The van der Waals surface area contributed by atoms with E-state index >= 15 is 0 Å². The molecule has 1 heterocycles. The van der Waals surface area contributed by atoms with E-state index in [0.29, 0.717) is 19.4 Å². The number of benzene rings is 1. The summed E-state index contributed by atoms with van der Waals surface area (Å²) in [6.07, 6.45) is 1.13. The summed E-state index contributed by atoms with van der Waals surface area (Å²) in [5, 5.41) is 14.9. The fourth-order valence-corrected chi connectivity index (χ4v) is 2.54. The molecule has 1 atom stereocenters. The van der Waals surface area contributed by atoms with Gasteiger partial charge in [-0.3, -0.25) is 9.59 Å². The summed E-state index contributed by atoms with van der Waals surface area (Å²) in [4.78, 5) is 23.0. The molecule has 2 rings (SSSR count). The molecule has 1 aliphatic rings. The Morgan fingerprint density at radius 3 is 2.67 bits per heavy atom. The van der Waals surface area contributed by atoms with Crippen LogP contribution in [0.2, 0.25) is 0 Å². The average Bonchev–Trinajstić information content (AvgIpc) is 2.44. The van der Waals surface area contributed by atoms with Crippen molar-refractivity contribution >= 4 is 11.9 Å². The molecule has 114 valence electrons. The maximum Gasteiger partial charge on any atom is 0.303 e. The lowest BCUT2D eigenvalue weighted by Gasteiger charge is -2.31. The van der Waals surface area contributed by atoms with Crippen LogP contribution < -0.4 is 10.6 Å². The summed E-state index contributed by atoms with van der Waals surface area (Å²) in [6.45, 7) is 4.39. The topological polar surface area (TPSA) is 78.4 Å². The Bertz CT molecular complexity index is 540. The molecule has 0 spiro atoms. The van der Waals surface area contributed by atoms with E-state index < -0.39 is 11.5 Å². The van der Waals surface area contributed by atoms with Gasteiger partial charge >= 0.3 is 5.97 Å². The molecular weight excluding hydrogens is 268 g/mol. The molecule has 0 bridgehead atoms. The molecule has 21 heavy (non-hydrogen) atoms. The smallest absolute Gasteiger partial charge is 0.303 e. The van der Waals surface area contributed by atoms with Crippen LogP contribution in [0.4, 0.5) is 0 Å². The lowest BCUT2D eigenvalue weighted by Crippen LogP contribution is -2.54. The van der Waals surface area contributed by atoms with Crippen LogP contribution in [0.25, 0.3) is 0 Å². The third-order valence-electron chi connectivity index (χ3n) is 3.82. The van der Waals surface area contributed by atoms with Crippen LogP contribution in [0.5, 0.6) is 0 Å². The second kappa shape index (κ2) is 6.26. The predicted molar refractivity (Wildman–Crippen MR) is 79.9 cm³/mol. The SMILES string of the molecule is CC(C)(CCC(=O)O)NC(=O)C1Cc2ccccc2CN1. The Morgan fingerprint density at radius 2 is 2.00 bits per heavy atom. The minimum Gasteiger partial charge on any atom is -0.481 e. The van der Waals surface area contributed by atoms with Gasteiger partial charge in [0, 0.05) is 18.5 Å². The van der Waals surface area contributed by atoms with Gasteiger partial charge in [-0.1, -0.05) is 24.3 Å². The number of nitrogens with one attached hydrogen (secondary N) is 2. The standard InChI is InChI=1S/C16H22N2O3/c1-16(2,8-7-14(19)20)18-15(21)13-9-11-5-3-4-6-12(11)10-17-13/h3-6,13,17H,7-10H2,1-2H3,(H,18,21)(H,19,20). The van der Waals surface area contributed by atoms with Crippen molar-refractivity contribution in [1.29, 1.82) is 0 Å². The first kappa shape index (κ1) is 15.5. The van der Waals surface area contributed by atoms with Crippen molar-refractivity contribution in [2.24, 2.45) is 0 Å². The number of aliphatic carboxylic acids is 1.